The Balaban J connectivity index is 1.80. The molecule has 1 aromatic carbocycles. The zero-order valence-electron chi connectivity index (χ0n) is 11.9. The van der Waals surface area contributed by atoms with Gasteiger partial charge in [0.05, 0.1) is 6.42 Å². The third kappa shape index (κ3) is 4.51. The summed E-state index contributed by atoms with van der Waals surface area (Å²) in [7, 11) is 2.13. The van der Waals surface area contributed by atoms with Crippen molar-refractivity contribution in [2.45, 2.75) is 6.42 Å². The summed E-state index contributed by atoms with van der Waals surface area (Å²) in [6, 6.07) is 7.35. The SMILES string of the molecule is CN1CCN(CCOc2ccccc2CC(=O)O)CC1. The van der Waals surface area contributed by atoms with Gasteiger partial charge >= 0.3 is 5.97 Å². The van der Waals surface area contributed by atoms with E-state index in [0.717, 1.165) is 38.3 Å². The minimum absolute atomic E-state index is 0.00465. The molecule has 0 radical (unpaired) electrons. The maximum atomic E-state index is 10.8. The molecule has 1 N–H and O–H groups in total. The van der Waals surface area contributed by atoms with Crippen LogP contribution in [0.3, 0.4) is 0 Å². The summed E-state index contributed by atoms with van der Waals surface area (Å²) >= 11 is 0. The predicted octanol–water partition coefficient (Wildman–Crippen LogP) is 0.940. The topological polar surface area (TPSA) is 53.0 Å². The molecule has 2 rings (SSSR count). The molecular formula is C15H22N2O3. The number of rotatable bonds is 6. The van der Waals surface area contributed by atoms with Gasteiger partial charge in [0.2, 0.25) is 0 Å². The highest BCUT2D eigenvalue weighted by molar-refractivity contribution is 5.71. The highest BCUT2D eigenvalue weighted by atomic mass is 16.5. The van der Waals surface area contributed by atoms with Crippen LogP contribution in [0.4, 0.5) is 0 Å². The maximum Gasteiger partial charge on any atom is 0.307 e. The number of nitrogens with zero attached hydrogens (tertiary/aromatic N) is 2. The van der Waals surface area contributed by atoms with Gasteiger partial charge in [-0.3, -0.25) is 9.69 Å². The van der Waals surface area contributed by atoms with Crippen molar-refractivity contribution in [3.05, 3.63) is 29.8 Å². The van der Waals surface area contributed by atoms with Crippen molar-refractivity contribution in [3.63, 3.8) is 0 Å². The Morgan fingerprint density at radius 2 is 1.95 bits per heavy atom. The summed E-state index contributed by atoms with van der Waals surface area (Å²) in [6.45, 7) is 5.80. The number of benzene rings is 1. The Bertz CT molecular complexity index is 442. The lowest BCUT2D eigenvalue weighted by atomic mass is 10.1. The number of hydrogen-bond donors (Lipinski definition) is 1. The highest BCUT2D eigenvalue weighted by Gasteiger charge is 2.13. The van der Waals surface area contributed by atoms with Gasteiger partial charge in [0, 0.05) is 38.3 Å². The molecule has 0 unspecified atom stereocenters. The number of aliphatic carboxylic acids is 1. The van der Waals surface area contributed by atoms with Crippen molar-refractivity contribution in [1.82, 2.24) is 9.80 Å². The molecule has 1 fully saturated rings. The number of carboxylic acid groups (broad SMARTS) is 1. The summed E-state index contributed by atoms with van der Waals surface area (Å²) in [5.74, 6) is -0.149. The summed E-state index contributed by atoms with van der Waals surface area (Å²) < 4.78 is 5.75. The minimum atomic E-state index is -0.833. The second kappa shape index (κ2) is 7.26. The molecule has 1 heterocycles. The van der Waals surface area contributed by atoms with Crippen LogP contribution in [-0.2, 0) is 11.2 Å². The number of piperazine rings is 1. The van der Waals surface area contributed by atoms with E-state index < -0.39 is 5.97 Å². The monoisotopic (exact) mass is 278 g/mol. The van der Waals surface area contributed by atoms with Crippen LogP contribution in [0.5, 0.6) is 5.75 Å². The quantitative estimate of drug-likeness (QED) is 0.839. The summed E-state index contributed by atoms with van der Waals surface area (Å²) in [5, 5.41) is 8.88. The third-order valence-corrected chi connectivity index (χ3v) is 3.58. The van der Waals surface area contributed by atoms with Crippen LogP contribution in [0.2, 0.25) is 0 Å². The van der Waals surface area contributed by atoms with E-state index in [-0.39, 0.29) is 6.42 Å². The Labute approximate surface area is 119 Å². The van der Waals surface area contributed by atoms with Gasteiger partial charge in [0.25, 0.3) is 0 Å². The fraction of sp³-hybridized carbons (Fsp3) is 0.533. The maximum absolute atomic E-state index is 10.8. The molecule has 0 bridgehead atoms. The fourth-order valence-corrected chi connectivity index (χ4v) is 2.31. The lowest BCUT2D eigenvalue weighted by Crippen LogP contribution is -2.45. The summed E-state index contributed by atoms with van der Waals surface area (Å²) in [6.07, 6.45) is 0.00465. The van der Waals surface area contributed by atoms with Crippen LogP contribution >= 0.6 is 0 Å². The molecule has 5 heteroatoms. The largest absolute Gasteiger partial charge is 0.492 e. The Kier molecular flexibility index (Phi) is 5.38. The van der Waals surface area contributed by atoms with E-state index >= 15 is 0 Å². The van der Waals surface area contributed by atoms with E-state index in [1.165, 1.54) is 0 Å². The predicted molar refractivity (Wildman–Crippen MR) is 77.2 cm³/mol. The molecule has 1 saturated heterocycles. The first kappa shape index (κ1) is 14.8. The van der Waals surface area contributed by atoms with Gasteiger partial charge < -0.3 is 14.7 Å². The van der Waals surface area contributed by atoms with Crippen LogP contribution in [0.1, 0.15) is 5.56 Å². The van der Waals surface area contributed by atoms with Gasteiger partial charge in [0.1, 0.15) is 12.4 Å². The third-order valence-electron chi connectivity index (χ3n) is 3.58. The second-order valence-electron chi connectivity index (χ2n) is 5.17. The fourth-order valence-electron chi connectivity index (χ4n) is 2.31. The van der Waals surface area contributed by atoms with Crippen molar-refractivity contribution in [2.75, 3.05) is 46.4 Å². The smallest absolute Gasteiger partial charge is 0.307 e. The molecule has 20 heavy (non-hydrogen) atoms. The van der Waals surface area contributed by atoms with E-state index in [2.05, 4.69) is 16.8 Å². The molecule has 110 valence electrons. The van der Waals surface area contributed by atoms with Gasteiger partial charge in [-0.1, -0.05) is 18.2 Å². The minimum Gasteiger partial charge on any atom is -0.492 e. The molecular weight excluding hydrogens is 256 g/mol. The first-order valence-electron chi connectivity index (χ1n) is 6.98. The Morgan fingerprint density at radius 1 is 1.25 bits per heavy atom. The van der Waals surface area contributed by atoms with Gasteiger partial charge in [-0.2, -0.15) is 0 Å². The van der Waals surface area contributed by atoms with Gasteiger partial charge in [-0.15, -0.1) is 0 Å². The van der Waals surface area contributed by atoms with E-state index in [1.807, 2.05) is 18.2 Å². The Hall–Kier alpha value is -1.59. The van der Waals surface area contributed by atoms with Crippen LogP contribution in [0.25, 0.3) is 0 Å². The molecule has 1 aliphatic heterocycles. The van der Waals surface area contributed by atoms with E-state index in [4.69, 9.17) is 9.84 Å². The molecule has 0 aromatic heterocycles. The standard InChI is InChI=1S/C15H22N2O3/c1-16-6-8-17(9-7-16)10-11-20-14-5-3-2-4-13(14)12-15(18)19/h2-5H,6-12H2,1H3,(H,18,19). The van der Waals surface area contributed by atoms with Crippen molar-refractivity contribution in [3.8, 4) is 5.75 Å². The van der Waals surface area contributed by atoms with E-state index in [1.54, 1.807) is 6.07 Å². The lowest BCUT2D eigenvalue weighted by Gasteiger charge is -2.32. The molecule has 0 amide bonds. The number of para-hydroxylation sites is 1. The zero-order valence-corrected chi connectivity index (χ0v) is 11.9. The molecule has 0 spiro atoms. The molecule has 1 aliphatic rings. The van der Waals surface area contributed by atoms with Crippen molar-refractivity contribution >= 4 is 5.97 Å². The number of carboxylic acids is 1. The average Bonchev–Trinajstić information content (AvgIpc) is 2.42. The van der Waals surface area contributed by atoms with Crippen molar-refractivity contribution in [1.29, 1.82) is 0 Å². The normalized spacial score (nSPS) is 17.1. The number of carbonyl (C=O) groups is 1. The van der Waals surface area contributed by atoms with Crippen molar-refractivity contribution in [2.24, 2.45) is 0 Å². The number of likely N-dealkylation sites (N-methyl/N-ethyl adjacent to an activating group) is 1. The first-order chi connectivity index (χ1) is 9.65. The van der Waals surface area contributed by atoms with Crippen molar-refractivity contribution < 1.29 is 14.6 Å². The van der Waals surface area contributed by atoms with E-state index in [9.17, 15) is 4.79 Å². The highest BCUT2D eigenvalue weighted by Crippen LogP contribution is 2.18. The van der Waals surface area contributed by atoms with Gasteiger partial charge in [-0.25, -0.2) is 0 Å². The second-order valence-corrected chi connectivity index (χ2v) is 5.17. The number of ether oxygens (including phenoxy) is 1. The zero-order chi connectivity index (χ0) is 14.4. The Morgan fingerprint density at radius 3 is 2.65 bits per heavy atom. The molecule has 5 nitrogen and oxygen atoms in total. The van der Waals surface area contributed by atoms with Crippen LogP contribution in [-0.4, -0.2) is 67.3 Å². The van der Waals surface area contributed by atoms with Crippen LogP contribution in [0.15, 0.2) is 24.3 Å². The van der Waals surface area contributed by atoms with E-state index in [0.29, 0.717) is 12.4 Å². The van der Waals surface area contributed by atoms with Gasteiger partial charge in [0.15, 0.2) is 0 Å². The average molecular weight is 278 g/mol. The number of hydrogen-bond acceptors (Lipinski definition) is 4. The summed E-state index contributed by atoms with van der Waals surface area (Å²) in [4.78, 5) is 15.5. The molecule has 1 aromatic rings. The lowest BCUT2D eigenvalue weighted by molar-refractivity contribution is -0.136. The molecule has 0 atom stereocenters. The molecule has 0 saturated carbocycles. The van der Waals surface area contributed by atoms with Crippen LogP contribution in [0, 0.1) is 0 Å². The summed E-state index contributed by atoms with van der Waals surface area (Å²) in [5.41, 5.74) is 0.735. The first-order valence-corrected chi connectivity index (χ1v) is 6.98. The van der Waals surface area contributed by atoms with Gasteiger partial charge in [-0.05, 0) is 13.1 Å². The van der Waals surface area contributed by atoms with Crippen LogP contribution < -0.4 is 4.74 Å². The molecule has 0 aliphatic carbocycles.